The summed E-state index contributed by atoms with van der Waals surface area (Å²) in [5, 5.41) is 0.337. The maximum absolute atomic E-state index is 13.0. The van der Waals surface area contributed by atoms with Gasteiger partial charge in [-0.25, -0.2) is 9.37 Å². The molecule has 0 aliphatic heterocycles. The predicted octanol–water partition coefficient (Wildman–Crippen LogP) is 2.99. The molecule has 0 bridgehead atoms. The number of pyridine rings is 1. The number of nitrogens with two attached hydrogens (primary N) is 1. The van der Waals surface area contributed by atoms with Crippen LogP contribution in [0.15, 0.2) is 18.2 Å². The summed E-state index contributed by atoms with van der Waals surface area (Å²) in [7, 11) is 0. The molecule has 0 atom stereocenters. The molecule has 18 heavy (non-hydrogen) atoms. The molecule has 96 valence electrons. The fourth-order valence-electron chi connectivity index (χ4n) is 1.80. The second-order valence-electron chi connectivity index (χ2n) is 3.76. The lowest BCUT2D eigenvalue weighted by Crippen LogP contribution is -2.16. The lowest BCUT2D eigenvalue weighted by Gasteiger charge is -2.15. The van der Waals surface area contributed by atoms with E-state index in [0.717, 1.165) is 12.1 Å². The Morgan fingerprint density at radius 2 is 1.94 bits per heavy atom. The number of halogens is 4. The summed E-state index contributed by atoms with van der Waals surface area (Å²) in [5.41, 5.74) is 1.00. The highest BCUT2D eigenvalue weighted by atomic mass is 19.4. The Morgan fingerprint density at radius 3 is 2.50 bits per heavy atom. The minimum Gasteiger partial charge on any atom is -0.323 e. The average molecular weight is 259 g/mol. The van der Waals surface area contributed by atoms with E-state index in [4.69, 9.17) is 5.84 Å². The van der Waals surface area contributed by atoms with Gasteiger partial charge in [-0.2, -0.15) is 13.2 Å². The minimum absolute atomic E-state index is 0.0901. The third-order valence-corrected chi connectivity index (χ3v) is 2.60. The summed E-state index contributed by atoms with van der Waals surface area (Å²) in [4.78, 5) is 3.45. The Kier molecular flexibility index (Phi) is 2.86. The van der Waals surface area contributed by atoms with Gasteiger partial charge in [0.2, 0.25) is 0 Å². The van der Waals surface area contributed by atoms with Crippen LogP contribution in [-0.4, -0.2) is 4.98 Å². The molecule has 2 rings (SSSR count). The van der Waals surface area contributed by atoms with Gasteiger partial charge >= 0.3 is 6.18 Å². The van der Waals surface area contributed by atoms with Crippen molar-refractivity contribution in [3.05, 3.63) is 35.3 Å². The highest BCUT2D eigenvalue weighted by Gasteiger charge is 2.36. The number of nitrogens with zero attached hydrogens (tertiary/aromatic N) is 1. The van der Waals surface area contributed by atoms with E-state index >= 15 is 0 Å². The van der Waals surface area contributed by atoms with E-state index in [1.807, 2.05) is 0 Å². The van der Waals surface area contributed by atoms with Crippen molar-refractivity contribution >= 4 is 16.6 Å². The highest BCUT2D eigenvalue weighted by Crippen LogP contribution is 2.36. The van der Waals surface area contributed by atoms with Gasteiger partial charge in [-0.05, 0) is 19.1 Å². The molecule has 0 saturated carbocycles. The van der Waals surface area contributed by atoms with E-state index in [0.29, 0.717) is 5.39 Å². The molecule has 0 unspecified atom stereocenters. The summed E-state index contributed by atoms with van der Waals surface area (Å²) in [6, 6.07) is 3.41. The Hall–Kier alpha value is -1.89. The molecule has 2 aromatic rings. The summed E-state index contributed by atoms with van der Waals surface area (Å²) < 4.78 is 51.3. The van der Waals surface area contributed by atoms with Crippen LogP contribution in [0.3, 0.4) is 0 Å². The summed E-state index contributed by atoms with van der Waals surface area (Å²) >= 11 is 0. The van der Waals surface area contributed by atoms with E-state index in [9.17, 15) is 17.6 Å². The fourth-order valence-corrected chi connectivity index (χ4v) is 1.80. The Bertz CT molecular complexity index is 607. The van der Waals surface area contributed by atoms with Crippen LogP contribution >= 0.6 is 0 Å². The third kappa shape index (κ3) is 1.97. The van der Waals surface area contributed by atoms with Gasteiger partial charge in [0.1, 0.15) is 11.5 Å². The quantitative estimate of drug-likeness (QED) is 0.470. The molecule has 0 saturated heterocycles. The molecule has 3 nitrogen and oxygen atoms in total. The van der Waals surface area contributed by atoms with Gasteiger partial charge in [0.05, 0.1) is 11.2 Å². The third-order valence-electron chi connectivity index (χ3n) is 2.60. The molecular weight excluding hydrogens is 250 g/mol. The van der Waals surface area contributed by atoms with Crippen LogP contribution in [0, 0.1) is 12.7 Å². The Balaban J connectivity index is 2.87. The first kappa shape index (κ1) is 12.6. The lowest BCUT2D eigenvalue weighted by molar-refractivity contribution is -0.141. The van der Waals surface area contributed by atoms with Gasteiger partial charge < -0.3 is 5.43 Å². The zero-order chi connectivity index (χ0) is 13.5. The Morgan fingerprint density at radius 1 is 1.28 bits per heavy atom. The zero-order valence-corrected chi connectivity index (χ0v) is 9.27. The first-order valence-corrected chi connectivity index (χ1v) is 4.98. The molecule has 0 amide bonds. The van der Waals surface area contributed by atoms with Crippen LogP contribution in [0.5, 0.6) is 0 Å². The van der Waals surface area contributed by atoms with Crippen molar-refractivity contribution in [2.75, 3.05) is 5.43 Å². The van der Waals surface area contributed by atoms with Crippen LogP contribution in [0.25, 0.3) is 10.9 Å². The number of nitrogen functional groups attached to an aromatic ring is 1. The molecule has 0 aliphatic rings. The number of aromatic nitrogens is 1. The van der Waals surface area contributed by atoms with Crippen molar-refractivity contribution in [1.29, 1.82) is 0 Å². The number of alkyl halides is 3. The van der Waals surface area contributed by atoms with Gasteiger partial charge in [-0.1, -0.05) is 0 Å². The van der Waals surface area contributed by atoms with Gasteiger partial charge in [0, 0.05) is 17.0 Å². The van der Waals surface area contributed by atoms with Gasteiger partial charge in [0.25, 0.3) is 0 Å². The molecule has 1 heterocycles. The van der Waals surface area contributed by atoms with Gasteiger partial charge in [0.15, 0.2) is 0 Å². The number of anilines is 1. The average Bonchev–Trinajstić information content (AvgIpc) is 2.27. The zero-order valence-electron chi connectivity index (χ0n) is 9.27. The summed E-state index contributed by atoms with van der Waals surface area (Å²) in [6.07, 6.45) is -4.61. The van der Waals surface area contributed by atoms with E-state index in [-0.39, 0.29) is 16.8 Å². The normalized spacial score (nSPS) is 11.9. The second-order valence-corrected chi connectivity index (χ2v) is 3.76. The maximum Gasteiger partial charge on any atom is 0.433 e. The van der Waals surface area contributed by atoms with E-state index in [1.165, 1.54) is 13.0 Å². The van der Waals surface area contributed by atoms with Crippen LogP contribution in [-0.2, 0) is 6.18 Å². The van der Waals surface area contributed by atoms with Crippen molar-refractivity contribution in [2.45, 2.75) is 13.1 Å². The molecule has 7 heteroatoms. The lowest BCUT2D eigenvalue weighted by atomic mass is 10.1. The molecule has 0 aliphatic carbocycles. The molecule has 0 spiro atoms. The predicted molar refractivity (Wildman–Crippen MR) is 59.3 cm³/mol. The number of hydrogen-bond donors (Lipinski definition) is 2. The SMILES string of the molecule is Cc1c(C(F)(F)F)nc2cc(F)ccc2c1NN. The number of rotatable bonds is 1. The van der Waals surface area contributed by atoms with Gasteiger partial charge in [-0.3, -0.25) is 5.84 Å². The van der Waals surface area contributed by atoms with Crippen molar-refractivity contribution in [3.8, 4) is 0 Å². The number of hydrogen-bond acceptors (Lipinski definition) is 3. The van der Waals surface area contributed by atoms with Crippen molar-refractivity contribution in [2.24, 2.45) is 5.84 Å². The molecule has 1 aromatic heterocycles. The van der Waals surface area contributed by atoms with Gasteiger partial charge in [-0.15, -0.1) is 0 Å². The van der Waals surface area contributed by atoms with Crippen LogP contribution in [0.4, 0.5) is 23.2 Å². The van der Waals surface area contributed by atoms with Crippen LogP contribution < -0.4 is 11.3 Å². The Labute approximate surface area is 99.6 Å². The van der Waals surface area contributed by atoms with Crippen molar-refractivity contribution in [1.82, 2.24) is 4.98 Å². The molecule has 1 aromatic carbocycles. The van der Waals surface area contributed by atoms with E-state index in [2.05, 4.69) is 10.4 Å². The fraction of sp³-hybridized carbons (Fsp3) is 0.182. The van der Waals surface area contributed by atoms with Crippen molar-refractivity contribution in [3.63, 3.8) is 0 Å². The first-order valence-electron chi connectivity index (χ1n) is 4.98. The summed E-state index contributed by atoms with van der Waals surface area (Å²) in [6.45, 7) is 1.26. The molecule has 0 fully saturated rings. The monoisotopic (exact) mass is 259 g/mol. The number of nitrogens with one attached hydrogen (secondary N) is 1. The molecule has 3 N–H and O–H groups in total. The van der Waals surface area contributed by atoms with Crippen molar-refractivity contribution < 1.29 is 17.6 Å². The van der Waals surface area contributed by atoms with Crippen LogP contribution in [0.1, 0.15) is 11.3 Å². The smallest absolute Gasteiger partial charge is 0.323 e. The largest absolute Gasteiger partial charge is 0.433 e. The minimum atomic E-state index is -4.61. The summed E-state index contributed by atoms with van der Waals surface area (Å²) in [5.74, 6) is 4.57. The molecule has 0 radical (unpaired) electrons. The number of fused-ring (bicyclic) bond motifs is 1. The van der Waals surface area contributed by atoms with Crippen LogP contribution in [0.2, 0.25) is 0 Å². The van der Waals surface area contributed by atoms with E-state index < -0.39 is 17.7 Å². The molecular formula is C11H9F4N3. The second kappa shape index (κ2) is 4.09. The van der Waals surface area contributed by atoms with E-state index in [1.54, 1.807) is 0 Å². The highest BCUT2D eigenvalue weighted by molar-refractivity contribution is 5.93. The number of hydrazine groups is 1. The number of benzene rings is 1. The maximum atomic E-state index is 13.0. The topological polar surface area (TPSA) is 50.9 Å². The first-order chi connectivity index (χ1) is 8.34. The standard InChI is InChI=1S/C11H9F4N3/c1-5-9(18-16)7-3-2-6(12)4-8(7)17-10(5)11(13,14)15/h2-4H,16H2,1H3,(H,17,18).